The van der Waals surface area contributed by atoms with Gasteiger partial charge in [-0.3, -0.25) is 9.78 Å². The van der Waals surface area contributed by atoms with Crippen molar-refractivity contribution in [3.8, 4) is 0 Å². The topological polar surface area (TPSA) is 54.9 Å². The fourth-order valence-electron chi connectivity index (χ4n) is 3.13. The van der Waals surface area contributed by atoms with Crippen LogP contribution in [0.2, 0.25) is 0 Å². The number of benzene rings is 2. The van der Waals surface area contributed by atoms with Crippen LogP contribution in [-0.2, 0) is 17.6 Å². The minimum Gasteiger partial charge on any atom is -0.324 e. The van der Waals surface area contributed by atoms with Crippen LogP contribution in [0, 0.1) is 6.92 Å². The van der Waals surface area contributed by atoms with Crippen LogP contribution in [0.1, 0.15) is 21.1 Å². The molecule has 1 amide bonds. The number of hydrogen-bond acceptors (Lipinski definition) is 4. The molecule has 0 radical (unpaired) electrons. The van der Waals surface area contributed by atoms with Crippen LogP contribution in [0.25, 0.3) is 10.8 Å². The number of aryl methyl sites for hydroxylation is 1. The summed E-state index contributed by atoms with van der Waals surface area (Å²) < 4.78 is 0. The average Bonchev–Trinajstić information content (AvgIpc) is 3.01. The minimum atomic E-state index is -0.0496. The number of pyridine rings is 1. The smallest absolute Gasteiger partial charge is 0.229 e. The Morgan fingerprint density at radius 2 is 1.93 bits per heavy atom. The Morgan fingerprint density at radius 1 is 1.07 bits per heavy atom. The predicted molar refractivity (Wildman–Crippen MR) is 110 cm³/mol. The van der Waals surface area contributed by atoms with Crippen molar-refractivity contribution in [2.75, 3.05) is 5.32 Å². The highest BCUT2D eigenvalue weighted by Gasteiger charge is 2.13. The average molecular weight is 373 g/mol. The molecule has 4 nitrogen and oxygen atoms in total. The third-order valence-electron chi connectivity index (χ3n) is 4.42. The monoisotopic (exact) mass is 373 g/mol. The molecule has 27 heavy (non-hydrogen) atoms. The molecule has 0 spiro atoms. The molecule has 0 fully saturated rings. The Balaban J connectivity index is 1.50. The van der Waals surface area contributed by atoms with Crippen molar-refractivity contribution < 1.29 is 4.79 Å². The fourth-order valence-corrected chi connectivity index (χ4v) is 4.22. The Bertz CT molecular complexity index is 1080. The van der Waals surface area contributed by atoms with Crippen molar-refractivity contribution in [1.82, 2.24) is 9.97 Å². The summed E-state index contributed by atoms with van der Waals surface area (Å²) in [6, 6.07) is 18.4. The van der Waals surface area contributed by atoms with E-state index in [-0.39, 0.29) is 5.91 Å². The first kappa shape index (κ1) is 17.4. The highest BCUT2D eigenvalue weighted by atomic mass is 32.1. The largest absolute Gasteiger partial charge is 0.324 e. The second kappa shape index (κ2) is 7.68. The molecule has 0 aliphatic carbocycles. The summed E-state index contributed by atoms with van der Waals surface area (Å²) in [5, 5.41) is 6.40. The van der Waals surface area contributed by atoms with E-state index in [9.17, 15) is 4.79 Å². The first-order chi connectivity index (χ1) is 13.2. The number of carbonyl (C=O) groups is 1. The van der Waals surface area contributed by atoms with Gasteiger partial charge in [-0.2, -0.15) is 0 Å². The molecule has 0 unspecified atom stereocenters. The Labute approximate surface area is 161 Å². The molecule has 2 aromatic heterocycles. The van der Waals surface area contributed by atoms with Crippen LogP contribution in [0.15, 0.2) is 67.0 Å². The molecule has 2 aromatic carbocycles. The van der Waals surface area contributed by atoms with Crippen LogP contribution in [0.4, 0.5) is 5.69 Å². The molecular formula is C22H19N3OS. The standard InChI is InChI=1S/C22H19N3OS/c1-15-20(13-21(26)25-18-9-5-11-23-14-18)27-22(24-15)12-17-8-4-7-16-6-2-3-10-19(16)17/h2-11,14H,12-13H2,1H3,(H,25,26). The van der Waals surface area contributed by atoms with Gasteiger partial charge in [0.15, 0.2) is 0 Å². The summed E-state index contributed by atoms with van der Waals surface area (Å²) in [5.41, 5.74) is 2.89. The van der Waals surface area contributed by atoms with Gasteiger partial charge in [-0.05, 0) is 35.4 Å². The maximum atomic E-state index is 12.3. The maximum absolute atomic E-state index is 12.3. The summed E-state index contributed by atoms with van der Waals surface area (Å²) >= 11 is 1.61. The van der Waals surface area contributed by atoms with Crippen molar-refractivity contribution in [3.63, 3.8) is 0 Å². The van der Waals surface area contributed by atoms with Crippen molar-refractivity contribution >= 4 is 33.7 Å². The number of rotatable bonds is 5. The lowest BCUT2D eigenvalue weighted by Crippen LogP contribution is -2.14. The van der Waals surface area contributed by atoms with Gasteiger partial charge in [0.05, 0.1) is 29.0 Å². The number of carbonyl (C=O) groups excluding carboxylic acids is 1. The van der Waals surface area contributed by atoms with Crippen molar-refractivity contribution in [3.05, 3.63) is 88.1 Å². The van der Waals surface area contributed by atoms with Gasteiger partial charge in [0, 0.05) is 17.5 Å². The molecule has 0 aliphatic rings. The molecule has 0 atom stereocenters. The third kappa shape index (κ3) is 4.04. The van der Waals surface area contributed by atoms with E-state index in [1.54, 1.807) is 29.8 Å². The molecular weight excluding hydrogens is 354 g/mol. The van der Waals surface area contributed by atoms with Gasteiger partial charge in [-0.15, -0.1) is 11.3 Å². The number of anilines is 1. The van der Waals surface area contributed by atoms with Gasteiger partial charge in [0.25, 0.3) is 0 Å². The normalized spacial score (nSPS) is 10.9. The summed E-state index contributed by atoms with van der Waals surface area (Å²) in [5.74, 6) is -0.0496. The lowest BCUT2D eigenvalue weighted by atomic mass is 10.0. The molecule has 1 N–H and O–H groups in total. The lowest BCUT2D eigenvalue weighted by Gasteiger charge is -2.04. The maximum Gasteiger partial charge on any atom is 0.229 e. The van der Waals surface area contributed by atoms with E-state index in [1.165, 1.54) is 16.3 Å². The highest BCUT2D eigenvalue weighted by Crippen LogP contribution is 2.25. The molecule has 0 aliphatic heterocycles. The second-order valence-corrected chi connectivity index (χ2v) is 7.57. The Kier molecular flexibility index (Phi) is 4.94. The minimum absolute atomic E-state index is 0.0496. The predicted octanol–water partition coefficient (Wildman–Crippen LogP) is 4.77. The van der Waals surface area contributed by atoms with E-state index >= 15 is 0 Å². The zero-order valence-corrected chi connectivity index (χ0v) is 15.8. The van der Waals surface area contributed by atoms with Crippen LogP contribution in [-0.4, -0.2) is 15.9 Å². The Morgan fingerprint density at radius 3 is 2.78 bits per heavy atom. The molecule has 0 saturated heterocycles. The van der Waals surface area contributed by atoms with Crippen LogP contribution < -0.4 is 5.32 Å². The van der Waals surface area contributed by atoms with Gasteiger partial charge < -0.3 is 5.32 Å². The van der Waals surface area contributed by atoms with Crippen molar-refractivity contribution in [2.24, 2.45) is 0 Å². The molecule has 4 aromatic rings. The molecule has 0 bridgehead atoms. The van der Waals surface area contributed by atoms with E-state index in [1.807, 2.05) is 13.0 Å². The van der Waals surface area contributed by atoms with Gasteiger partial charge in [-0.1, -0.05) is 42.5 Å². The summed E-state index contributed by atoms with van der Waals surface area (Å²) in [6.07, 6.45) is 4.43. The molecule has 2 heterocycles. The number of fused-ring (bicyclic) bond motifs is 1. The zero-order chi connectivity index (χ0) is 18.6. The molecule has 4 rings (SSSR count). The number of amides is 1. The fraction of sp³-hybridized carbons (Fsp3) is 0.136. The van der Waals surface area contributed by atoms with Gasteiger partial charge >= 0.3 is 0 Å². The van der Waals surface area contributed by atoms with Crippen LogP contribution in [0.3, 0.4) is 0 Å². The number of thiazole rings is 1. The SMILES string of the molecule is Cc1nc(Cc2cccc3ccccc23)sc1CC(=O)Nc1cccnc1. The summed E-state index contributed by atoms with van der Waals surface area (Å²) in [6.45, 7) is 1.97. The van der Waals surface area contributed by atoms with Crippen LogP contribution in [0.5, 0.6) is 0 Å². The van der Waals surface area contributed by atoms with E-state index in [4.69, 9.17) is 4.98 Å². The Hall–Kier alpha value is -3.05. The summed E-state index contributed by atoms with van der Waals surface area (Å²) in [7, 11) is 0. The highest BCUT2D eigenvalue weighted by molar-refractivity contribution is 7.11. The number of hydrogen-bond donors (Lipinski definition) is 1. The van der Waals surface area contributed by atoms with Crippen LogP contribution >= 0.6 is 11.3 Å². The van der Waals surface area contributed by atoms with E-state index in [2.05, 4.69) is 52.8 Å². The van der Waals surface area contributed by atoms with Gasteiger partial charge in [0.1, 0.15) is 0 Å². The summed E-state index contributed by atoms with van der Waals surface area (Å²) in [4.78, 5) is 22.0. The third-order valence-corrected chi connectivity index (χ3v) is 5.58. The molecule has 0 saturated carbocycles. The second-order valence-electron chi connectivity index (χ2n) is 6.40. The van der Waals surface area contributed by atoms with Gasteiger partial charge in [0.2, 0.25) is 5.91 Å². The van der Waals surface area contributed by atoms with Gasteiger partial charge in [-0.25, -0.2) is 4.98 Å². The van der Waals surface area contributed by atoms with Crippen molar-refractivity contribution in [1.29, 1.82) is 0 Å². The van der Waals surface area contributed by atoms with E-state index < -0.39 is 0 Å². The van der Waals surface area contributed by atoms with Crippen molar-refractivity contribution in [2.45, 2.75) is 19.8 Å². The molecule has 5 heteroatoms. The lowest BCUT2D eigenvalue weighted by molar-refractivity contribution is -0.115. The quantitative estimate of drug-likeness (QED) is 0.548. The van der Waals surface area contributed by atoms with E-state index in [0.717, 1.165) is 22.0 Å². The number of nitrogens with one attached hydrogen (secondary N) is 1. The zero-order valence-electron chi connectivity index (χ0n) is 15.0. The number of nitrogens with zero attached hydrogens (tertiary/aromatic N) is 2. The molecule has 134 valence electrons. The number of aromatic nitrogens is 2. The first-order valence-electron chi connectivity index (χ1n) is 8.81. The van der Waals surface area contributed by atoms with E-state index in [0.29, 0.717) is 12.1 Å². The first-order valence-corrected chi connectivity index (χ1v) is 9.62.